The molecular weight excluding hydrogens is 388 g/mol. The predicted molar refractivity (Wildman–Crippen MR) is 107 cm³/mol. The highest BCUT2D eigenvalue weighted by Crippen LogP contribution is 2.50. The van der Waals surface area contributed by atoms with E-state index in [1.807, 2.05) is 6.92 Å². The van der Waals surface area contributed by atoms with Crippen molar-refractivity contribution < 1.29 is 33.6 Å². The van der Waals surface area contributed by atoms with E-state index in [0.717, 1.165) is 11.1 Å². The lowest BCUT2D eigenvalue weighted by molar-refractivity contribution is -0.112. The highest BCUT2D eigenvalue weighted by molar-refractivity contribution is 6.06. The van der Waals surface area contributed by atoms with Gasteiger partial charge in [-0.2, -0.15) is 0 Å². The molecule has 30 heavy (non-hydrogen) atoms. The number of ether oxygens (including phenoxy) is 5. The Morgan fingerprint density at radius 3 is 2.53 bits per heavy atom. The second kappa shape index (κ2) is 6.67. The molecule has 2 aromatic rings. The molecule has 0 radical (unpaired) electrons. The molecule has 0 saturated carbocycles. The number of fused-ring (bicyclic) bond motifs is 6. The van der Waals surface area contributed by atoms with E-state index in [4.69, 9.17) is 23.7 Å². The van der Waals surface area contributed by atoms with Crippen LogP contribution in [0.25, 0.3) is 0 Å². The van der Waals surface area contributed by atoms with Crippen LogP contribution in [0, 0.1) is 0 Å². The molecule has 0 aliphatic carbocycles. The molecule has 2 aromatic carbocycles. The van der Waals surface area contributed by atoms with Crippen LogP contribution in [0.5, 0.6) is 28.7 Å². The summed E-state index contributed by atoms with van der Waals surface area (Å²) in [5.74, 6) is 1.55. The first-order valence-corrected chi connectivity index (χ1v) is 9.72. The quantitative estimate of drug-likeness (QED) is 0.779. The van der Waals surface area contributed by atoms with Gasteiger partial charge in [0.1, 0.15) is 23.4 Å². The summed E-state index contributed by atoms with van der Waals surface area (Å²) < 4.78 is 28.5. The van der Waals surface area contributed by atoms with Gasteiger partial charge in [-0.15, -0.1) is 0 Å². The van der Waals surface area contributed by atoms with Gasteiger partial charge in [0.25, 0.3) is 0 Å². The van der Waals surface area contributed by atoms with Crippen LogP contribution >= 0.6 is 0 Å². The summed E-state index contributed by atoms with van der Waals surface area (Å²) in [4.78, 5) is 13.6. The lowest BCUT2D eigenvalue weighted by Gasteiger charge is -2.40. The SMILES string of the molecule is C=C(C)[C@H]1Cc2c(ccc3c2O[C@@H]2[C@@H](O)Oc4cc(OC)c(OC)cc4[C@@H]2C3=O)O1. The summed E-state index contributed by atoms with van der Waals surface area (Å²) in [6.45, 7) is 5.87. The highest BCUT2D eigenvalue weighted by atomic mass is 16.6. The first kappa shape index (κ1) is 18.8. The van der Waals surface area contributed by atoms with Gasteiger partial charge in [-0.3, -0.25) is 4.79 Å². The molecule has 0 spiro atoms. The van der Waals surface area contributed by atoms with Gasteiger partial charge >= 0.3 is 0 Å². The molecule has 5 rings (SSSR count). The van der Waals surface area contributed by atoms with E-state index in [1.54, 1.807) is 24.3 Å². The zero-order chi connectivity index (χ0) is 21.2. The van der Waals surface area contributed by atoms with Crippen molar-refractivity contribution in [3.8, 4) is 28.7 Å². The van der Waals surface area contributed by atoms with Crippen molar-refractivity contribution in [2.45, 2.75) is 37.8 Å². The predicted octanol–water partition coefficient (Wildman–Crippen LogP) is 3.02. The van der Waals surface area contributed by atoms with Gasteiger partial charge in [0.05, 0.1) is 25.7 Å². The van der Waals surface area contributed by atoms with Crippen LogP contribution in [0.15, 0.2) is 36.4 Å². The van der Waals surface area contributed by atoms with E-state index in [2.05, 4.69) is 6.58 Å². The average Bonchev–Trinajstić information content (AvgIpc) is 3.18. The smallest absolute Gasteiger partial charge is 0.235 e. The Balaban J connectivity index is 1.61. The summed E-state index contributed by atoms with van der Waals surface area (Å²) >= 11 is 0. The molecule has 0 aromatic heterocycles. The molecule has 0 unspecified atom stereocenters. The molecule has 3 heterocycles. The van der Waals surface area contributed by atoms with E-state index >= 15 is 0 Å². The monoisotopic (exact) mass is 410 g/mol. The number of aliphatic hydroxyl groups excluding tert-OH is 1. The van der Waals surface area contributed by atoms with Gasteiger partial charge in [0.15, 0.2) is 23.4 Å². The Kier molecular flexibility index (Phi) is 4.18. The van der Waals surface area contributed by atoms with Crippen LogP contribution < -0.4 is 23.7 Å². The number of carbonyl (C=O) groups is 1. The molecule has 0 bridgehead atoms. The van der Waals surface area contributed by atoms with Crippen molar-refractivity contribution in [3.63, 3.8) is 0 Å². The highest BCUT2D eigenvalue weighted by Gasteiger charge is 2.49. The minimum Gasteiger partial charge on any atom is -0.493 e. The fourth-order valence-corrected chi connectivity index (χ4v) is 4.38. The summed E-state index contributed by atoms with van der Waals surface area (Å²) in [5, 5.41) is 10.7. The average molecular weight is 410 g/mol. The Bertz CT molecular complexity index is 1070. The summed E-state index contributed by atoms with van der Waals surface area (Å²) in [5.41, 5.74) is 2.78. The maximum absolute atomic E-state index is 13.6. The largest absolute Gasteiger partial charge is 0.493 e. The van der Waals surface area contributed by atoms with Crippen LogP contribution in [0.2, 0.25) is 0 Å². The molecule has 1 N–H and O–H groups in total. The number of ketones is 1. The first-order chi connectivity index (χ1) is 14.4. The zero-order valence-electron chi connectivity index (χ0n) is 16.9. The Morgan fingerprint density at radius 2 is 1.83 bits per heavy atom. The standard InChI is InChI=1S/C23H22O7/c1-10(2)15-8-13-14(28-15)6-5-11-20(24)19-12-7-17(26-3)18(27-4)9-16(12)29-23(25)22(19)30-21(11)13/h5-7,9,15,19,22-23,25H,1,8H2,2-4H3/t15-,19-,22+,23+/m1/s1. The van der Waals surface area contributed by atoms with Gasteiger partial charge in [-0.1, -0.05) is 6.58 Å². The van der Waals surface area contributed by atoms with Gasteiger partial charge in [0.2, 0.25) is 6.29 Å². The minimum absolute atomic E-state index is 0.140. The molecule has 7 heteroatoms. The van der Waals surface area contributed by atoms with Crippen LogP contribution in [0.3, 0.4) is 0 Å². The molecular formula is C23H22O7. The second-order valence-electron chi connectivity index (χ2n) is 7.75. The topological polar surface area (TPSA) is 83.5 Å². The maximum atomic E-state index is 13.6. The van der Waals surface area contributed by atoms with E-state index < -0.39 is 18.3 Å². The number of methoxy groups -OCH3 is 2. The number of aliphatic hydroxyl groups is 1. The van der Waals surface area contributed by atoms with Crippen LogP contribution in [-0.4, -0.2) is 43.6 Å². The summed E-state index contributed by atoms with van der Waals surface area (Å²) in [6, 6.07) is 6.84. The number of hydrogen-bond acceptors (Lipinski definition) is 7. The van der Waals surface area contributed by atoms with E-state index in [9.17, 15) is 9.90 Å². The molecule has 3 aliphatic rings. The third-order valence-electron chi connectivity index (χ3n) is 5.94. The molecule has 0 saturated heterocycles. The van der Waals surface area contributed by atoms with Gasteiger partial charge in [-0.05, 0) is 30.7 Å². The van der Waals surface area contributed by atoms with E-state index in [1.165, 1.54) is 14.2 Å². The van der Waals surface area contributed by atoms with Crippen LogP contribution in [0.1, 0.15) is 34.3 Å². The summed E-state index contributed by atoms with van der Waals surface area (Å²) in [6.07, 6.45) is -1.79. The molecule has 4 atom stereocenters. The molecule has 156 valence electrons. The lowest BCUT2D eigenvalue weighted by atomic mass is 9.80. The van der Waals surface area contributed by atoms with Crippen LogP contribution in [-0.2, 0) is 6.42 Å². The van der Waals surface area contributed by atoms with Gasteiger partial charge in [-0.25, -0.2) is 0 Å². The number of benzene rings is 2. The minimum atomic E-state index is -1.31. The molecule has 0 amide bonds. The molecule has 7 nitrogen and oxygen atoms in total. The molecule has 0 fully saturated rings. The number of rotatable bonds is 3. The fraction of sp³-hybridized carbons (Fsp3) is 0.348. The Morgan fingerprint density at radius 1 is 1.10 bits per heavy atom. The third kappa shape index (κ3) is 2.58. The number of Topliss-reactive ketones (excluding diaryl/α,β-unsaturated/α-hetero) is 1. The second-order valence-corrected chi connectivity index (χ2v) is 7.75. The van der Waals surface area contributed by atoms with E-state index in [0.29, 0.717) is 46.3 Å². The van der Waals surface area contributed by atoms with Crippen molar-refractivity contribution in [2.75, 3.05) is 14.2 Å². The maximum Gasteiger partial charge on any atom is 0.235 e. The van der Waals surface area contributed by atoms with E-state index in [-0.39, 0.29) is 11.9 Å². The van der Waals surface area contributed by atoms with Crippen molar-refractivity contribution >= 4 is 5.78 Å². The van der Waals surface area contributed by atoms with Crippen molar-refractivity contribution in [2.24, 2.45) is 0 Å². The van der Waals surface area contributed by atoms with Gasteiger partial charge in [0, 0.05) is 23.6 Å². The lowest BCUT2D eigenvalue weighted by Crippen LogP contribution is -2.49. The number of hydrogen-bond donors (Lipinski definition) is 1. The zero-order valence-corrected chi connectivity index (χ0v) is 16.9. The van der Waals surface area contributed by atoms with Crippen molar-refractivity contribution in [1.82, 2.24) is 0 Å². The van der Waals surface area contributed by atoms with Crippen molar-refractivity contribution in [1.29, 1.82) is 0 Å². The fourth-order valence-electron chi connectivity index (χ4n) is 4.38. The normalized spacial score (nSPS) is 25.5. The van der Waals surface area contributed by atoms with Crippen LogP contribution in [0.4, 0.5) is 0 Å². The molecule has 3 aliphatic heterocycles. The number of carbonyl (C=O) groups excluding carboxylic acids is 1. The third-order valence-corrected chi connectivity index (χ3v) is 5.94. The summed E-state index contributed by atoms with van der Waals surface area (Å²) in [7, 11) is 3.04. The van der Waals surface area contributed by atoms with Crippen molar-refractivity contribution in [3.05, 3.63) is 53.1 Å². The Hall–Kier alpha value is -3.19. The van der Waals surface area contributed by atoms with Gasteiger partial charge < -0.3 is 28.8 Å². The first-order valence-electron chi connectivity index (χ1n) is 9.72. The Labute approximate surface area is 173 Å².